The van der Waals surface area contributed by atoms with Crippen LogP contribution in [0.1, 0.15) is 36.0 Å². The largest absolute Gasteiger partial charge is 0.379 e. The summed E-state index contributed by atoms with van der Waals surface area (Å²) in [6.45, 7) is 8.82. The van der Waals surface area contributed by atoms with Crippen molar-refractivity contribution in [3.8, 4) is 5.69 Å². The van der Waals surface area contributed by atoms with Gasteiger partial charge in [0.15, 0.2) is 0 Å². The van der Waals surface area contributed by atoms with Crippen LogP contribution in [-0.4, -0.2) is 47.8 Å². The number of carbonyl (C=O) groups is 1. The van der Waals surface area contributed by atoms with Crippen LogP contribution in [0.5, 0.6) is 0 Å². The Morgan fingerprint density at radius 3 is 2.52 bits per heavy atom. The summed E-state index contributed by atoms with van der Waals surface area (Å²) in [5, 5.41) is 3.15. The fourth-order valence-corrected chi connectivity index (χ4v) is 4.86. The fourth-order valence-electron chi connectivity index (χ4n) is 4.86. The Hall–Kier alpha value is -2.93. The van der Waals surface area contributed by atoms with Gasteiger partial charge in [-0.1, -0.05) is 0 Å². The van der Waals surface area contributed by atoms with E-state index in [1.54, 1.807) is 6.92 Å². The second-order valence-electron chi connectivity index (χ2n) is 9.44. The van der Waals surface area contributed by atoms with Crippen molar-refractivity contribution in [2.75, 3.05) is 31.2 Å². The number of nitrogens with zero attached hydrogens (tertiary/aromatic N) is 3. The Morgan fingerprint density at radius 1 is 1.06 bits per heavy atom. The Bertz CT molecular complexity index is 1190. The predicted molar refractivity (Wildman–Crippen MR) is 128 cm³/mol. The van der Waals surface area contributed by atoms with Gasteiger partial charge >= 0.3 is 0 Å². The van der Waals surface area contributed by atoms with Gasteiger partial charge in [0.05, 0.1) is 23.7 Å². The second-order valence-corrected chi connectivity index (χ2v) is 9.44. The van der Waals surface area contributed by atoms with E-state index in [1.807, 2.05) is 12.1 Å². The fraction of sp³-hybridized carbons (Fsp3) is 0.462. The first kappa shape index (κ1) is 21.9. The van der Waals surface area contributed by atoms with Gasteiger partial charge in [-0.25, -0.2) is 9.37 Å². The third kappa shape index (κ3) is 4.22. The summed E-state index contributed by atoms with van der Waals surface area (Å²) >= 11 is 0. The van der Waals surface area contributed by atoms with Crippen LogP contribution in [0.25, 0.3) is 16.7 Å². The SMILES string of the molecule is Cc1cc2nc(N3CCC(C(=O)N[C@@H]4CCOC4)CC3)n(-c3ccc(F)c(C)c3)c2cc1C. The first-order valence-corrected chi connectivity index (χ1v) is 11.8. The van der Waals surface area contributed by atoms with Crippen LogP contribution in [0.15, 0.2) is 30.3 Å². The van der Waals surface area contributed by atoms with E-state index in [9.17, 15) is 9.18 Å². The zero-order valence-electron chi connectivity index (χ0n) is 19.5. The highest BCUT2D eigenvalue weighted by Gasteiger charge is 2.30. The molecule has 33 heavy (non-hydrogen) atoms. The molecule has 0 bridgehead atoms. The number of fused-ring (bicyclic) bond motifs is 1. The number of imidazole rings is 1. The molecule has 0 spiro atoms. The lowest BCUT2D eigenvalue weighted by molar-refractivity contribution is -0.126. The molecule has 1 amide bonds. The van der Waals surface area contributed by atoms with E-state index in [0.717, 1.165) is 61.6 Å². The molecule has 5 rings (SSSR count). The first-order chi connectivity index (χ1) is 15.9. The number of carbonyl (C=O) groups excluding carboxylic acids is 1. The molecule has 3 heterocycles. The number of piperidine rings is 1. The molecule has 1 aromatic heterocycles. The van der Waals surface area contributed by atoms with Crippen molar-refractivity contribution in [3.63, 3.8) is 0 Å². The average molecular weight is 451 g/mol. The molecule has 0 unspecified atom stereocenters. The molecule has 2 aromatic carbocycles. The number of rotatable bonds is 4. The van der Waals surface area contributed by atoms with Crippen LogP contribution in [0, 0.1) is 32.5 Å². The molecule has 0 aliphatic carbocycles. The lowest BCUT2D eigenvalue weighted by Gasteiger charge is -2.33. The van der Waals surface area contributed by atoms with Crippen molar-refractivity contribution < 1.29 is 13.9 Å². The maximum absolute atomic E-state index is 14.0. The lowest BCUT2D eigenvalue weighted by Crippen LogP contribution is -2.44. The maximum Gasteiger partial charge on any atom is 0.223 e. The smallest absolute Gasteiger partial charge is 0.223 e. The van der Waals surface area contributed by atoms with Crippen molar-refractivity contribution in [1.29, 1.82) is 0 Å². The number of halogens is 1. The van der Waals surface area contributed by atoms with Gasteiger partial charge in [0.1, 0.15) is 5.82 Å². The molecular weight excluding hydrogens is 419 g/mol. The van der Waals surface area contributed by atoms with Gasteiger partial charge in [0, 0.05) is 31.3 Å². The van der Waals surface area contributed by atoms with Crippen LogP contribution >= 0.6 is 0 Å². The number of hydrogen-bond acceptors (Lipinski definition) is 4. The molecule has 7 heteroatoms. The number of hydrogen-bond donors (Lipinski definition) is 1. The zero-order chi connectivity index (χ0) is 23.1. The van der Waals surface area contributed by atoms with Gasteiger partial charge in [0.2, 0.25) is 11.9 Å². The number of amides is 1. The summed E-state index contributed by atoms with van der Waals surface area (Å²) in [4.78, 5) is 20.0. The number of aryl methyl sites for hydroxylation is 3. The van der Waals surface area contributed by atoms with Crippen molar-refractivity contribution >= 4 is 22.9 Å². The lowest BCUT2D eigenvalue weighted by atomic mass is 9.95. The van der Waals surface area contributed by atoms with E-state index in [4.69, 9.17) is 9.72 Å². The topological polar surface area (TPSA) is 59.4 Å². The van der Waals surface area contributed by atoms with Crippen LogP contribution in [0.3, 0.4) is 0 Å². The second kappa shape index (κ2) is 8.78. The summed E-state index contributed by atoms with van der Waals surface area (Å²) in [5.41, 5.74) is 5.84. The molecule has 3 aromatic rings. The minimum absolute atomic E-state index is 0.0113. The molecular formula is C26H31FN4O2. The number of anilines is 1. The van der Waals surface area contributed by atoms with Gasteiger partial charge in [-0.05, 0) is 87.1 Å². The molecule has 2 aliphatic heterocycles. The quantitative estimate of drug-likeness (QED) is 0.647. The van der Waals surface area contributed by atoms with E-state index in [0.29, 0.717) is 12.2 Å². The molecule has 0 saturated carbocycles. The standard InChI is InChI=1S/C26H31FN4O2/c1-16-13-23-24(14-17(16)2)31(21-4-5-22(27)18(3)12-21)26(29-23)30-9-6-19(7-10-30)25(32)28-20-8-11-33-15-20/h4-5,12-14,19-20H,6-11,15H2,1-3H3,(H,28,32)/t20-/m1/s1. The Labute approximate surface area is 193 Å². The van der Waals surface area contributed by atoms with Crippen molar-refractivity contribution in [2.45, 2.75) is 46.1 Å². The first-order valence-electron chi connectivity index (χ1n) is 11.8. The van der Waals surface area contributed by atoms with Crippen molar-refractivity contribution in [3.05, 3.63) is 52.8 Å². The zero-order valence-corrected chi connectivity index (χ0v) is 19.5. The Balaban J connectivity index is 1.44. The molecule has 2 saturated heterocycles. The highest BCUT2D eigenvalue weighted by Crippen LogP contribution is 2.32. The van der Waals surface area contributed by atoms with Crippen LogP contribution < -0.4 is 10.2 Å². The van der Waals surface area contributed by atoms with Gasteiger partial charge < -0.3 is 15.0 Å². The van der Waals surface area contributed by atoms with E-state index in [2.05, 4.69) is 40.8 Å². The van der Waals surface area contributed by atoms with Crippen molar-refractivity contribution in [1.82, 2.24) is 14.9 Å². The minimum atomic E-state index is -0.212. The molecule has 0 radical (unpaired) electrons. The average Bonchev–Trinajstić information content (AvgIpc) is 3.44. The third-order valence-corrected chi connectivity index (χ3v) is 7.08. The molecule has 174 valence electrons. The van der Waals surface area contributed by atoms with E-state index >= 15 is 0 Å². The molecule has 2 fully saturated rings. The highest BCUT2D eigenvalue weighted by molar-refractivity contribution is 5.83. The normalized spacial score (nSPS) is 19.4. The molecule has 1 atom stereocenters. The number of nitrogens with one attached hydrogen (secondary N) is 1. The minimum Gasteiger partial charge on any atom is -0.379 e. The van der Waals surface area contributed by atoms with Crippen LogP contribution in [0.4, 0.5) is 10.3 Å². The van der Waals surface area contributed by atoms with E-state index < -0.39 is 0 Å². The Morgan fingerprint density at radius 2 is 1.82 bits per heavy atom. The van der Waals surface area contributed by atoms with E-state index in [-0.39, 0.29) is 23.7 Å². The number of aromatic nitrogens is 2. The van der Waals surface area contributed by atoms with E-state index in [1.165, 1.54) is 17.2 Å². The molecule has 2 aliphatic rings. The van der Waals surface area contributed by atoms with Crippen molar-refractivity contribution in [2.24, 2.45) is 5.92 Å². The number of ether oxygens (including phenoxy) is 1. The van der Waals surface area contributed by atoms with Crippen LogP contribution in [-0.2, 0) is 9.53 Å². The Kier molecular flexibility index (Phi) is 5.83. The highest BCUT2D eigenvalue weighted by atomic mass is 19.1. The third-order valence-electron chi connectivity index (χ3n) is 7.08. The summed E-state index contributed by atoms with van der Waals surface area (Å²) < 4.78 is 21.5. The molecule has 6 nitrogen and oxygen atoms in total. The molecule has 1 N–H and O–H groups in total. The van der Waals surface area contributed by atoms with Gasteiger partial charge in [0.25, 0.3) is 0 Å². The van der Waals surface area contributed by atoms with Gasteiger partial charge in [-0.15, -0.1) is 0 Å². The van der Waals surface area contributed by atoms with Gasteiger partial charge in [-0.3, -0.25) is 9.36 Å². The van der Waals surface area contributed by atoms with Crippen LogP contribution in [0.2, 0.25) is 0 Å². The van der Waals surface area contributed by atoms with Gasteiger partial charge in [-0.2, -0.15) is 0 Å². The number of benzene rings is 2. The summed E-state index contributed by atoms with van der Waals surface area (Å²) in [6.07, 6.45) is 2.46. The summed E-state index contributed by atoms with van der Waals surface area (Å²) in [5.74, 6) is 0.789. The summed E-state index contributed by atoms with van der Waals surface area (Å²) in [6, 6.07) is 9.62. The monoisotopic (exact) mass is 450 g/mol. The maximum atomic E-state index is 14.0. The summed E-state index contributed by atoms with van der Waals surface area (Å²) in [7, 11) is 0. The predicted octanol–water partition coefficient (Wildman–Crippen LogP) is 4.21.